The molecule has 34 heavy (non-hydrogen) atoms. The third kappa shape index (κ3) is 12.9. The van der Waals surface area contributed by atoms with Crippen LogP contribution in [0.2, 0.25) is 0 Å². The van der Waals surface area contributed by atoms with Crippen molar-refractivity contribution in [3.63, 3.8) is 0 Å². The first-order chi connectivity index (χ1) is 14.5. The minimum Gasteiger partial charge on any atom is -0.508 e. The topological polar surface area (TPSA) is 149 Å². The first-order valence-corrected chi connectivity index (χ1v) is 10.2. The van der Waals surface area contributed by atoms with Gasteiger partial charge in [-0.3, -0.25) is 9.11 Å². The number of phenols is 2. The molecule has 8 nitrogen and oxygen atoms in total. The third-order valence-electron chi connectivity index (χ3n) is 2.63. The Kier molecular flexibility index (Phi) is 11.0. The van der Waals surface area contributed by atoms with Crippen molar-refractivity contribution in [3.05, 3.63) is 24.3 Å². The summed E-state index contributed by atoms with van der Waals surface area (Å²) in [5.41, 5.74) is 0. The molecule has 0 bridgehead atoms. The Bertz CT molecular complexity index is 867. The Morgan fingerprint density at radius 1 is 0.500 bits per heavy atom. The Balaban J connectivity index is 0. The van der Waals surface area contributed by atoms with Crippen molar-refractivity contribution >= 4 is 20.2 Å². The second kappa shape index (κ2) is 11.0. The van der Waals surface area contributed by atoms with Crippen LogP contribution in [-0.4, -0.2) is 71.4 Å². The molecule has 0 unspecified atom stereocenters. The molecule has 202 valence electrons. The Hall–Kier alpha value is -2.20. The van der Waals surface area contributed by atoms with Gasteiger partial charge in [-0.25, -0.2) is 0 Å². The van der Waals surface area contributed by atoms with Gasteiger partial charge in [0.25, 0.3) is 30.7 Å². The molecule has 0 saturated carbocycles. The molecule has 1 aromatic rings. The molecule has 1 aromatic carbocycles. The summed E-state index contributed by atoms with van der Waals surface area (Å²) in [6.45, 7) is 0. The molecule has 4 N–H and O–H groups in total. The molecule has 0 aromatic heterocycles. The first kappa shape index (κ1) is 34.0. The summed E-state index contributed by atoms with van der Waals surface area (Å²) in [7, 11) is -12.5. The van der Waals surface area contributed by atoms with E-state index in [4.69, 9.17) is 19.3 Å². The average Bonchev–Trinajstić information content (AvgIpc) is 2.41. The van der Waals surface area contributed by atoms with E-state index in [9.17, 15) is 69.5 Å². The highest BCUT2D eigenvalue weighted by molar-refractivity contribution is 7.86. The Morgan fingerprint density at radius 2 is 0.647 bits per heavy atom. The molecule has 0 aliphatic heterocycles. The maximum absolute atomic E-state index is 11.5. The van der Waals surface area contributed by atoms with Crippen LogP contribution in [0.1, 0.15) is 0 Å². The van der Waals surface area contributed by atoms with E-state index < -0.39 is 55.4 Å². The van der Waals surface area contributed by atoms with Gasteiger partial charge in [0.1, 0.15) is 11.5 Å². The van der Waals surface area contributed by atoms with Crippen molar-refractivity contribution < 1.29 is 88.8 Å². The zero-order valence-corrected chi connectivity index (χ0v) is 16.9. The van der Waals surface area contributed by atoms with Crippen LogP contribution in [0.5, 0.6) is 11.5 Å². The van der Waals surface area contributed by atoms with E-state index in [1.54, 1.807) is 0 Å². The Morgan fingerprint density at radius 3 is 0.706 bits per heavy atom. The molecule has 0 aliphatic rings. The lowest BCUT2D eigenvalue weighted by molar-refractivity contribution is -0.229. The maximum Gasteiger partial charge on any atom is 0.416 e. The van der Waals surface area contributed by atoms with E-state index >= 15 is 0 Å². The number of alkyl halides is 12. The molecule has 0 spiro atoms. The van der Waals surface area contributed by atoms with Crippen LogP contribution in [-0.2, 0) is 20.2 Å². The summed E-state index contributed by atoms with van der Waals surface area (Å²) in [6.07, 6.45) is -24.3. The van der Waals surface area contributed by atoms with Gasteiger partial charge in [-0.05, 0) is 24.3 Å². The molecule has 0 amide bonds. The zero-order chi connectivity index (χ0) is 28.1. The smallest absolute Gasteiger partial charge is 0.416 e. The second-order valence-corrected chi connectivity index (χ2v) is 8.48. The highest BCUT2D eigenvalue weighted by Crippen LogP contribution is 2.38. The van der Waals surface area contributed by atoms with Crippen molar-refractivity contribution in [1.29, 1.82) is 0 Å². The van der Waals surface area contributed by atoms with Crippen LogP contribution in [0.15, 0.2) is 24.3 Å². The molecule has 0 fully saturated rings. The van der Waals surface area contributed by atoms with Gasteiger partial charge in [0.15, 0.2) is 0 Å². The molecule has 1 rings (SSSR count). The summed E-state index contributed by atoms with van der Waals surface area (Å²) < 4.78 is 192. The van der Waals surface area contributed by atoms with Crippen molar-refractivity contribution in [2.45, 2.75) is 35.2 Å². The molecule has 0 heterocycles. The van der Waals surface area contributed by atoms with Gasteiger partial charge in [-0.1, -0.05) is 0 Å². The predicted octanol–water partition coefficient (Wildman–Crippen LogP) is 3.83. The molecular weight excluding hydrogens is 564 g/mol. The van der Waals surface area contributed by atoms with E-state index in [2.05, 4.69) is 0 Å². The minimum atomic E-state index is -6.23. The first-order valence-electron chi connectivity index (χ1n) is 7.19. The van der Waals surface area contributed by atoms with Crippen LogP contribution < -0.4 is 0 Å². The predicted molar refractivity (Wildman–Crippen MR) is 84.7 cm³/mol. The molecule has 0 saturated heterocycles. The number of benzene rings is 1. The summed E-state index contributed by atoms with van der Waals surface area (Å²) in [5, 5.41) is 7.80. The lowest BCUT2D eigenvalue weighted by atomic mass is 10.3. The van der Waals surface area contributed by atoms with Gasteiger partial charge >= 0.3 is 24.7 Å². The van der Waals surface area contributed by atoms with Crippen molar-refractivity contribution in [2.24, 2.45) is 0 Å². The van der Waals surface area contributed by atoms with Gasteiger partial charge in [0.05, 0.1) is 0 Å². The number of phenolic OH excluding ortho intramolecular Hbond substituents is 2. The van der Waals surface area contributed by atoms with Crippen LogP contribution >= 0.6 is 0 Å². The summed E-state index contributed by atoms with van der Waals surface area (Å²) >= 11 is 0. The fourth-order valence-electron chi connectivity index (χ4n) is 1.50. The van der Waals surface area contributed by atoms with E-state index in [1.165, 1.54) is 24.3 Å². The lowest BCUT2D eigenvalue weighted by Crippen LogP contribution is -2.47. The summed E-state index contributed by atoms with van der Waals surface area (Å²) in [5.74, 6) is 0.339. The van der Waals surface area contributed by atoms with Crippen LogP contribution in [0.3, 0.4) is 0 Å². The van der Waals surface area contributed by atoms with E-state index in [0.29, 0.717) is 0 Å². The van der Waals surface area contributed by atoms with Gasteiger partial charge < -0.3 is 10.2 Å². The van der Waals surface area contributed by atoms with Crippen LogP contribution in [0.25, 0.3) is 0 Å². The van der Waals surface area contributed by atoms with Gasteiger partial charge in [-0.2, -0.15) is 69.5 Å². The highest BCUT2D eigenvalue weighted by atomic mass is 32.2. The van der Waals surface area contributed by atoms with Gasteiger partial charge in [0.2, 0.25) is 0 Å². The van der Waals surface area contributed by atoms with Crippen molar-refractivity contribution in [3.8, 4) is 11.5 Å². The molecule has 0 atom stereocenters. The van der Waals surface area contributed by atoms with Crippen LogP contribution in [0, 0.1) is 0 Å². The largest absolute Gasteiger partial charge is 0.508 e. The molecule has 22 heteroatoms. The fourth-order valence-corrected chi connectivity index (χ4v) is 2.85. The average molecular weight is 574 g/mol. The number of hydrogen-bond acceptors (Lipinski definition) is 6. The quantitative estimate of drug-likeness (QED) is 0.237. The van der Waals surface area contributed by atoms with E-state index in [1.807, 2.05) is 0 Å². The second-order valence-electron chi connectivity index (χ2n) is 5.47. The number of aromatic hydroxyl groups is 2. The standard InChI is InChI=1S/C6H6O2.2C3H2F6O3S/c7-5-1-2-6(8)4-3-5;2*4-2(5,6)1(3(7,8)9)13(10,11)12/h1-4,7-8H;2*1H,(H,10,11,12). The maximum atomic E-state index is 11.5. The monoisotopic (exact) mass is 574 g/mol. The molecule has 0 aliphatic carbocycles. The van der Waals surface area contributed by atoms with Gasteiger partial charge in [0, 0.05) is 0 Å². The molecule has 0 radical (unpaired) electrons. The summed E-state index contributed by atoms with van der Waals surface area (Å²) in [6, 6.07) is 5.70. The number of halogens is 12. The Labute approximate surface area is 180 Å². The number of rotatable bonds is 2. The van der Waals surface area contributed by atoms with Crippen molar-refractivity contribution in [2.75, 3.05) is 0 Å². The van der Waals surface area contributed by atoms with Crippen LogP contribution in [0.4, 0.5) is 52.7 Å². The van der Waals surface area contributed by atoms with E-state index in [0.717, 1.165) is 0 Å². The zero-order valence-electron chi connectivity index (χ0n) is 15.2. The summed E-state index contributed by atoms with van der Waals surface area (Å²) in [4.78, 5) is 0. The third-order valence-corrected chi connectivity index (χ3v) is 4.90. The number of hydrogen-bond donors (Lipinski definition) is 4. The normalized spacial score (nSPS) is 13.6. The van der Waals surface area contributed by atoms with Crippen molar-refractivity contribution in [1.82, 2.24) is 0 Å². The molecular formula is C12H10F12O8S2. The minimum absolute atomic E-state index is 0.169. The fraction of sp³-hybridized carbons (Fsp3) is 0.500. The highest BCUT2D eigenvalue weighted by Gasteiger charge is 2.65. The van der Waals surface area contributed by atoms with E-state index in [-0.39, 0.29) is 11.5 Å². The van der Waals surface area contributed by atoms with Gasteiger partial charge in [-0.15, -0.1) is 0 Å². The lowest BCUT2D eigenvalue weighted by Gasteiger charge is -2.19. The SMILES string of the molecule is O=S(=O)(O)C(C(F)(F)F)C(F)(F)F.O=S(=O)(O)C(C(F)(F)F)C(F)(F)F.Oc1ccc(O)cc1.